The summed E-state index contributed by atoms with van der Waals surface area (Å²) in [6.07, 6.45) is 0.198. The fourth-order valence-electron chi connectivity index (χ4n) is 1.32. The van der Waals surface area contributed by atoms with E-state index in [1.54, 1.807) is 19.2 Å². The molecule has 1 aromatic rings. The van der Waals surface area contributed by atoms with E-state index in [4.69, 9.17) is 10.00 Å². The van der Waals surface area contributed by atoms with Gasteiger partial charge in [0.05, 0.1) is 24.3 Å². The number of rotatable bonds is 6. The predicted octanol–water partition coefficient (Wildman–Crippen LogP) is 1.37. The number of nitrogens with one attached hydrogen (secondary N) is 1. The molecule has 0 spiro atoms. The SMILES string of the molecule is COCC(O)CCNc1ccc(C#N)cc1. The van der Waals surface area contributed by atoms with Crippen LogP contribution in [-0.2, 0) is 4.74 Å². The molecule has 1 atom stereocenters. The smallest absolute Gasteiger partial charge is 0.0991 e. The number of aliphatic hydroxyl groups is 1. The molecular formula is C12H16N2O2. The molecular weight excluding hydrogens is 204 g/mol. The number of ether oxygens (including phenoxy) is 1. The number of hydrogen-bond donors (Lipinski definition) is 2. The van der Waals surface area contributed by atoms with E-state index in [-0.39, 0.29) is 0 Å². The van der Waals surface area contributed by atoms with Crippen molar-refractivity contribution >= 4 is 5.69 Å². The van der Waals surface area contributed by atoms with Crippen LogP contribution in [-0.4, -0.2) is 31.5 Å². The van der Waals surface area contributed by atoms with E-state index in [2.05, 4.69) is 11.4 Å². The van der Waals surface area contributed by atoms with Crippen molar-refractivity contribution in [3.8, 4) is 6.07 Å². The van der Waals surface area contributed by atoms with Gasteiger partial charge < -0.3 is 15.2 Å². The van der Waals surface area contributed by atoms with Gasteiger partial charge in [0.2, 0.25) is 0 Å². The molecule has 0 fully saturated rings. The van der Waals surface area contributed by atoms with Crippen molar-refractivity contribution in [1.82, 2.24) is 0 Å². The maximum atomic E-state index is 9.40. The minimum Gasteiger partial charge on any atom is -0.391 e. The molecule has 4 nitrogen and oxygen atoms in total. The number of aliphatic hydroxyl groups excluding tert-OH is 1. The van der Waals surface area contributed by atoms with Gasteiger partial charge in [0.1, 0.15) is 0 Å². The van der Waals surface area contributed by atoms with E-state index in [0.29, 0.717) is 25.1 Å². The molecule has 86 valence electrons. The molecule has 1 unspecified atom stereocenters. The number of nitrogens with zero attached hydrogens (tertiary/aromatic N) is 1. The van der Waals surface area contributed by atoms with Gasteiger partial charge in [-0.25, -0.2) is 0 Å². The summed E-state index contributed by atoms with van der Waals surface area (Å²) in [6, 6.07) is 9.27. The lowest BCUT2D eigenvalue weighted by molar-refractivity contribution is 0.0615. The molecule has 1 rings (SSSR count). The Hall–Kier alpha value is -1.57. The summed E-state index contributed by atoms with van der Waals surface area (Å²) in [4.78, 5) is 0. The number of nitriles is 1. The molecule has 0 aliphatic carbocycles. The Kier molecular flexibility index (Phi) is 5.34. The minimum atomic E-state index is -0.434. The number of hydrogen-bond acceptors (Lipinski definition) is 4. The second-order valence-electron chi connectivity index (χ2n) is 3.51. The molecule has 1 aromatic carbocycles. The molecule has 16 heavy (non-hydrogen) atoms. The van der Waals surface area contributed by atoms with Crippen LogP contribution in [0.2, 0.25) is 0 Å². The van der Waals surface area contributed by atoms with E-state index < -0.39 is 6.10 Å². The highest BCUT2D eigenvalue weighted by molar-refractivity contribution is 5.46. The van der Waals surface area contributed by atoms with Gasteiger partial charge in [0.25, 0.3) is 0 Å². The van der Waals surface area contributed by atoms with Gasteiger partial charge in [0.15, 0.2) is 0 Å². The molecule has 0 saturated heterocycles. The van der Waals surface area contributed by atoms with Gasteiger partial charge in [-0.3, -0.25) is 0 Å². The third kappa shape index (κ3) is 4.30. The molecule has 0 radical (unpaired) electrons. The van der Waals surface area contributed by atoms with Crippen LogP contribution in [0.25, 0.3) is 0 Å². The Morgan fingerprint density at radius 2 is 2.12 bits per heavy atom. The van der Waals surface area contributed by atoms with E-state index in [0.717, 1.165) is 5.69 Å². The summed E-state index contributed by atoms with van der Waals surface area (Å²) in [7, 11) is 1.57. The number of anilines is 1. The summed E-state index contributed by atoms with van der Waals surface area (Å²) in [5.74, 6) is 0. The zero-order valence-corrected chi connectivity index (χ0v) is 9.31. The Bertz CT molecular complexity index is 343. The Balaban J connectivity index is 2.29. The standard InChI is InChI=1S/C12H16N2O2/c1-16-9-12(15)6-7-14-11-4-2-10(8-13)3-5-11/h2-5,12,14-15H,6-7,9H2,1H3. The fourth-order valence-corrected chi connectivity index (χ4v) is 1.32. The van der Waals surface area contributed by atoms with Gasteiger partial charge in [-0.15, -0.1) is 0 Å². The molecule has 0 aliphatic rings. The van der Waals surface area contributed by atoms with Crippen molar-refractivity contribution in [3.63, 3.8) is 0 Å². The lowest BCUT2D eigenvalue weighted by Crippen LogP contribution is -2.18. The normalized spacial score (nSPS) is 11.8. The van der Waals surface area contributed by atoms with E-state index in [1.807, 2.05) is 12.1 Å². The summed E-state index contributed by atoms with van der Waals surface area (Å²) < 4.78 is 4.82. The maximum Gasteiger partial charge on any atom is 0.0991 e. The largest absolute Gasteiger partial charge is 0.391 e. The first-order chi connectivity index (χ1) is 7.76. The zero-order chi connectivity index (χ0) is 11.8. The first-order valence-electron chi connectivity index (χ1n) is 5.17. The summed E-state index contributed by atoms with van der Waals surface area (Å²) in [5.41, 5.74) is 1.59. The van der Waals surface area contributed by atoms with Gasteiger partial charge in [-0.05, 0) is 30.7 Å². The lowest BCUT2D eigenvalue weighted by atomic mass is 10.2. The average molecular weight is 220 g/mol. The number of methoxy groups -OCH3 is 1. The van der Waals surface area contributed by atoms with Crippen molar-refractivity contribution in [2.24, 2.45) is 0 Å². The quantitative estimate of drug-likeness (QED) is 0.760. The molecule has 0 aromatic heterocycles. The molecule has 4 heteroatoms. The van der Waals surface area contributed by atoms with Crippen molar-refractivity contribution in [1.29, 1.82) is 5.26 Å². The van der Waals surface area contributed by atoms with Crippen LogP contribution in [0.4, 0.5) is 5.69 Å². The third-order valence-corrected chi connectivity index (χ3v) is 2.18. The van der Waals surface area contributed by atoms with Crippen LogP contribution in [0, 0.1) is 11.3 Å². The third-order valence-electron chi connectivity index (χ3n) is 2.18. The van der Waals surface area contributed by atoms with Crippen LogP contribution in [0.1, 0.15) is 12.0 Å². The topological polar surface area (TPSA) is 65.3 Å². The van der Waals surface area contributed by atoms with Gasteiger partial charge >= 0.3 is 0 Å². The Morgan fingerprint density at radius 3 is 2.69 bits per heavy atom. The lowest BCUT2D eigenvalue weighted by Gasteiger charge is -2.10. The Morgan fingerprint density at radius 1 is 1.44 bits per heavy atom. The van der Waals surface area contributed by atoms with Gasteiger partial charge in [-0.1, -0.05) is 0 Å². The molecule has 0 heterocycles. The zero-order valence-electron chi connectivity index (χ0n) is 9.31. The highest BCUT2D eigenvalue weighted by Gasteiger charge is 2.02. The van der Waals surface area contributed by atoms with Gasteiger partial charge in [0, 0.05) is 19.3 Å². The monoisotopic (exact) mass is 220 g/mol. The van der Waals surface area contributed by atoms with Crippen LogP contribution < -0.4 is 5.32 Å². The summed E-state index contributed by atoms with van der Waals surface area (Å²) in [6.45, 7) is 1.03. The second-order valence-corrected chi connectivity index (χ2v) is 3.51. The number of benzene rings is 1. The molecule has 0 aliphatic heterocycles. The van der Waals surface area contributed by atoms with Crippen LogP contribution in [0.5, 0.6) is 0 Å². The molecule has 0 bridgehead atoms. The highest BCUT2D eigenvalue weighted by Crippen LogP contribution is 2.08. The van der Waals surface area contributed by atoms with Crippen molar-refractivity contribution in [3.05, 3.63) is 29.8 Å². The van der Waals surface area contributed by atoms with E-state index >= 15 is 0 Å². The van der Waals surface area contributed by atoms with Crippen LogP contribution in [0.15, 0.2) is 24.3 Å². The highest BCUT2D eigenvalue weighted by atomic mass is 16.5. The predicted molar refractivity (Wildman–Crippen MR) is 62.1 cm³/mol. The first-order valence-corrected chi connectivity index (χ1v) is 5.17. The maximum absolute atomic E-state index is 9.40. The summed E-state index contributed by atoms with van der Waals surface area (Å²) in [5, 5.41) is 21.2. The fraction of sp³-hybridized carbons (Fsp3) is 0.417. The molecule has 0 saturated carbocycles. The van der Waals surface area contributed by atoms with Crippen LogP contribution in [0.3, 0.4) is 0 Å². The molecule has 2 N–H and O–H groups in total. The second kappa shape index (κ2) is 6.83. The Labute approximate surface area is 95.5 Å². The van der Waals surface area contributed by atoms with Gasteiger partial charge in [-0.2, -0.15) is 5.26 Å². The van der Waals surface area contributed by atoms with Crippen molar-refractivity contribution < 1.29 is 9.84 Å². The van der Waals surface area contributed by atoms with Crippen LogP contribution >= 0.6 is 0 Å². The average Bonchev–Trinajstić information content (AvgIpc) is 2.30. The first kappa shape index (κ1) is 12.5. The van der Waals surface area contributed by atoms with E-state index in [9.17, 15) is 5.11 Å². The van der Waals surface area contributed by atoms with Crippen molar-refractivity contribution in [2.75, 3.05) is 25.6 Å². The van der Waals surface area contributed by atoms with E-state index in [1.165, 1.54) is 0 Å². The minimum absolute atomic E-state index is 0.356. The summed E-state index contributed by atoms with van der Waals surface area (Å²) >= 11 is 0. The van der Waals surface area contributed by atoms with Crippen molar-refractivity contribution in [2.45, 2.75) is 12.5 Å². The molecule has 0 amide bonds.